The van der Waals surface area contributed by atoms with Gasteiger partial charge in [-0.2, -0.15) is 0 Å². The van der Waals surface area contributed by atoms with Crippen molar-refractivity contribution in [3.63, 3.8) is 0 Å². The second-order valence-corrected chi connectivity index (χ2v) is 6.04. The zero-order valence-electron chi connectivity index (χ0n) is 11.7. The lowest BCUT2D eigenvalue weighted by molar-refractivity contribution is 0.153. The van der Waals surface area contributed by atoms with Gasteiger partial charge in [-0.15, -0.1) is 11.3 Å². The molecule has 1 unspecified atom stereocenters. The van der Waals surface area contributed by atoms with Crippen LogP contribution >= 0.6 is 11.3 Å². The topological polar surface area (TPSA) is 45.6 Å². The molecule has 1 heterocycles. The summed E-state index contributed by atoms with van der Waals surface area (Å²) in [4.78, 5) is 7.87. The molecule has 0 saturated heterocycles. The van der Waals surface area contributed by atoms with Gasteiger partial charge in [-0.05, 0) is 31.4 Å². The third-order valence-corrected chi connectivity index (χ3v) is 4.85. The lowest BCUT2D eigenvalue weighted by Gasteiger charge is -2.16. The van der Waals surface area contributed by atoms with Gasteiger partial charge in [0, 0.05) is 23.7 Å². The first-order valence-electron chi connectivity index (χ1n) is 6.74. The smallest absolute Gasteiger partial charge is 0.190 e. The number of fused-ring (bicyclic) bond motifs is 1. The summed E-state index contributed by atoms with van der Waals surface area (Å²) in [5.74, 6) is 0.829. The van der Waals surface area contributed by atoms with Crippen LogP contribution in [-0.4, -0.2) is 24.2 Å². The fourth-order valence-electron chi connectivity index (χ4n) is 2.46. The van der Waals surface area contributed by atoms with Crippen LogP contribution in [0.25, 0.3) is 0 Å². The van der Waals surface area contributed by atoms with E-state index in [1.54, 1.807) is 18.4 Å². The third kappa shape index (κ3) is 2.39. The minimum atomic E-state index is -0.401. The van der Waals surface area contributed by atoms with Gasteiger partial charge in [0.25, 0.3) is 0 Å². The van der Waals surface area contributed by atoms with Crippen LogP contribution in [0.5, 0.6) is 5.75 Å². The molecule has 0 bridgehead atoms. The van der Waals surface area contributed by atoms with E-state index in [0.29, 0.717) is 0 Å². The van der Waals surface area contributed by atoms with E-state index in [-0.39, 0.29) is 0 Å². The largest absolute Gasteiger partial charge is 0.497 e. The Morgan fingerprint density at radius 3 is 3.05 bits per heavy atom. The fourth-order valence-corrected chi connectivity index (χ4v) is 3.60. The molecule has 0 amide bonds. The highest BCUT2D eigenvalue weighted by molar-refractivity contribution is 7.15. The Kier molecular flexibility index (Phi) is 3.63. The lowest BCUT2D eigenvalue weighted by Crippen LogP contribution is -2.10. The molecule has 0 aliphatic heterocycles. The number of aromatic nitrogens is 1. The number of hydrogen-bond donors (Lipinski definition) is 1. The molecule has 1 aromatic heterocycles. The molecule has 1 aliphatic rings. The van der Waals surface area contributed by atoms with Crippen LogP contribution in [0.3, 0.4) is 0 Å². The predicted molar refractivity (Wildman–Crippen MR) is 81.1 cm³/mol. The van der Waals surface area contributed by atoms with Gasteiger partial charge in [0.2, 0.25) is 0 Å². The number of rotatable bonds is 3. The molecule has 1 atom stereocenters. The van der Waals surface area contributed by atoms with E-state index in [0.717, 1.165) is 41.5 Å². The van der Waals surface area contributed by atoms with E-state index >= 15 is 0 Å². The van der Waals surface area contributed by atoms with Gasteiger partial charge < -0.3 is 14.7 Å². The van der Waals surface area contributed by atoms with Crippen LogP contribution < -0.4 is 9.64 Å². The Morgan fingerprint density at radius 2 is 2.30 bits per heavy atom. The van der Waals surface area contributed by atoms with Gasteiger partial charge in [0.15, 0.2) is 5.13 Å². The van der Waals surface area contributed by atoms with Crippen LogP contribution in [-0.2, 0) is 6.42 Å². The van der Waals surface area contributed by atoms with Crippen molar-refractivity contribution in [1.82, 2.24) is 4.98 Å². The standard InChI is InChI=1S/C15H18N2O2S/c1-17(10-5-3-6-11(9-10)19-2)15-16-14-12(18)7-4-8-13(14)20-15/h3,5-6,9,12,18H,4,7-8H2,1-2H3. The van der Waals surface area contributed by atoms with Crippen LogP contribution in [0.1, 0.15) is 29.5 Å². The SMILES string of the molecule is COc1cccc(N(C)c2nc3c(s2)CCCC3O)c1. The molecule has 20 heavy (non-hydrogen) atoms. The molecule has 0 spiro atoms. The summed E-state index contributed by atoms with van der Waals surface area (Å²) in [6.45, 7) is 0. The van der Waals surface area contributed by atoms with Crippen molar-refractivity contribution >= 4 is 22.2 Å². The Bertz CT molecular complexity index is 612. The zero-order chi connectivity index (χ0) is 14.1. The number of methoxy groups -OCH3 is 1. The molecule has 1 aromatic carbocycles. The second-order valence-electron chi connectivity index (χ2n) is 4.97. The van der Waals surface area contributed by atoms with Crippen LogP contribution in [0, 0.1) is 0 Å². The summed E-state index contributed by atoms with van der Waals surface area (Å²) in [5, 5.41) is 10.9. The first-order chi connectivity index (χ1) is 9.69. The molecule has 4 nitrogen and oxygen atoms in total. The van der Waals surface area contributed by atoms with Gasteiger partial charge in [-0.25, -0.2) is 4.98 Å². The Hall–Kier alpha value is -1.59. The van der Waals surface area contributed by atoms with Crippen LogP contribution in [0.15, 0.2) is 24.3 Å². The molecule has 1 N–H and O–H groups in total. The highest BCUT2D eigenvalue weighted by Gasteiger charge is 2.24. The normalized spacial score (nSPS) is 17.6. The maximum Gasteiger partial charge on any atom is 0.190 e. The maximum absolute atomic E-state index is 10.0. The lowest BCUT2D eigenvalue weighted by atomic mass is 10.0. The summed E-state index contributed by atoms with van der Waals surface area (Å²) in [6, 6.07) is 7.90. The minimum absolute atomic E-state index is 0.401. The van der Waals surface area contributed by atoms with E-state index < -0.39 is 6.10 Å². The van der Waals surface area contributed by atoms with Crippen LogP contribution in [0.2, 0.25) is 0 Å². The number of aryl methyl sites for hydroxylation is 1. The molecule has 1 aliphatic carbocycles. The Morgan fingerprint density at radius 1 is 1.45 bits per heavy atom. The first-order valence-corrected chi connectivity index (χ1v) is 7.56. The van der Waals surface area contributed by atoms with Gasteiger partial charge in [0.1, 0.15) is 5.75 Å². The number of hydrogen-bond acceptors (Lipinski definition) is 5. The van der Waals surface area contributed by atoms with Gasteiger partial charge in [-0.1, -0.05) is 6.07 Å². The molecular weight excluding hydrogens is 272 g/mol. The summed E-state index contributed by atoms with van der Waals surface area (Å²) < 4.78 is 5.26. The number of nitrogens with zero attached hydrogens (tertiary/aromatic N) is 2. The molecule has 0 saturated carbocycles. The predicted octanol–water partition coefficient (Wildman–Crippen LogP) is 3.29. The van der Waals surface area contributed by atoms with Crippen molar-refractivity contribution < 1.29 is 9.84 Å². The highest BCUT2D eigenvalue weighted by Crippen LogP contribution is 2.38. The highest BCUT2D eigenvalue weighted by atomic mass is 32.1. The number of thiazole rings is 1. The molecular formula is C15H18N2O2S. The number of ether oxygens (including phenoxy) is 1. The average molecular weight is 290 g/mol. The summed E-state index contributed by atoms with van der Waals surface area (Å²) in [5.41, 5.74) is 1.90. The first kappa shape index (κ1) is 13.4. The molecule has 0 radical (unpaired) electrons. The van der Waals surface area contributed by atoms with Gasteiger partial charge in [0.05, 0.1) is 18.9 Å². The molecule has 3 rings (SSSR count). The van der Waals surface area contributed by atoms with E-state index in [4.69, 9.17) is 4.74 Å². The molecule has 0 fully saturated rings. The number of aliphatic hydroxyl groups excluding tert-OH is 1. The summed E-state index contributed by atoms with van der Waals surface area (Å²) in [7, 11) is 3.66. The van der Waals surface area contributed by atoms with Crippen molar-refractivity contribution in [3.8, 4) is 5.75 Å². The van der Waals surface area contributed by atoms with E-state index in [2.05, 4.69) is 4.98 Å². The van der Waals surface area contributed by atoms with E-state index in [1.807, 2.05) is 36.2 Å². The van der Waals surface area contributed by atoms with Crippen LogP contribution in [0.4, 0.5) is 10.8 Å². The quantitative estimate of drug-likeness (QED) is 0.942. The summed E-state index contributed by atoms with van der Waals surface area (Å²) in [6.07, 6.45) is 2.48. The zero-order valence-corrected chi connectivity index (χ0v) is 12.5. The van der Waals surface area contributed by atoms with Crippen molar-refractivity contribution in [2.24, 2.45) is 0 Å². The Labute approximate surface area is 122 Å². The van der Waals surface area contributed by atoms with Crippen molar-refractivity contribution in [1.29, 1.82) is 0 Å². The number of anilines is 2. The second kappa shape index (κ2) is 5.42. The van der Waals surface area contributed by atoms with Crippen molar-refractivity contribution in [2.45, 2.75) is 25.4 Å². The molecule has 2 aromatic rings. The van der Waals surface area contributed by atoms with E-state index in [1.165, 1.54) is 4.88 Å². The summed E-state index contributed by atoms with van der Waals surface area (Å²) >= 11 is 1.67. The van der Waals surface area contributed by atoms with Gasteiger partial charge >= 0.3 is 0 Å². The third-order valence-electron chi connectivity index (χ3n) is 3.64. The van der Waals surface area contributed by atoms with Gasteiger partial charge in [-0.3, -0.25) is 0 Å². The average Bonchev–Trinajstić information content (AvgIpc) is 2.92. The van der Waals surface area contributed by atoms with Crippen molar-refractivity contribution in [3.05, 3.63) is 34.8 Å². The van der Waals surface area contributed by atoms with Crippen molar-refractivity contribution in [2.75, 3.05) is 19.1 Å². The fraction of sp³-hybridized carbons (Fsp3) is 0.400. The number of aliphatic hydroxyl groups is 1. The number of benzene rings is 1. The Balaban J connectivity index is 1.92. The minimum Gasteiger partial charge on any atom is -0.497 e. The monoisotopic (exact) mass is 290 g/mol. The maximum atomic E-state index is 10.0. The van der Waals surface area contributed by atoms with E-state index in [9.17, 15) is 5.11 Å². The molecule has 5 heteroatoms. The molecule has 106 valence electrons.